The Bertz CT molecular complexity index is 541. The van der Waals surface area contributed by atoms with Crippen molar-refractivity contribution in [1.82, 2.24) is 0 Å². The van der Waals surface area contributed by atoms with Gasteiger partial charge < -0.3 is 0 Å². The molecule has 0 nitrogen and oxygen atoms in total. The molecule has 82 valence electrons. The van der Waals surface area contributed by atoms with E-state index in [1.807, 2.05) is 0 Å². The molecule has 2 rings (SSSR count). The molecule has 0 radical (unpaired) electrons. The summed E-state index contributed by atoms with van der Waals surface area (Å²) < 4.78 is 27.8. The summed E-state index contributed by atoms with van der Waals surface area (Å²) in [6.45, 7) is 0. The molecule has 2 aromatic carbocycles. The van der Waals surface area contributed by atoms with Gasteiger partial charge in [-0.15, -0.1) is 0 Å². The van der Waals surface area contributed by atoms with Gasteiger partial charge in [-0.25, -0.2) is 8.78 Å². The Labute approximate surface area is 105 Å². The summed E-state index contributed by atoms with van der Waals surface area (Å²) in [6.07, 6.45) is 0. The molecule has 0 amide bonds. The number of benzene rings is 2. The molecule has 0 aliphatic carbocycles. The van der Waals surface area contributed by atoms with Crippen molar-refractivity contribution < 1.29 is 8.78 Å². The Balaban J connectivity index is 2.62. The van der Waals surface area contributed by atoms with Gasteiger partial charge in [0, 0.05) is 20.6 Å². The maximum Gasteiger partial charge on any atom is 0.132 e. The predicted octanol–water partition coefficient (Wildman–Crippen LogP) is 5.05. The highest BCUT2D eigenvalue weighted by Crippen LogP contribution is 2.29. The number of hydrogen-bond donors (Lipinski definition) is 0. The van der Waals surface area contributed by atoms with E-state index >= 15 is 0 Å². The summed E-state index contributed by atoms with van der Waals surface area (Å²) in [5.74, 6) is -1.01. The zero-order valence-corrected chi connectivity index (χ0v) is 10.3. The fourth-order valence-electron chi connectivity index (χ4n) is 1.41. The van der Waals surface area contributed by atoms with Gasteiger partial charge in [-0.1, -0.05) is 27.5 Å². The lowest BCUT2D eigenvalue weighted by Crippen LogP contribution is -1.88. The third kappa shape index (κ3) is 2.25. The number of halogens is 4. The first-order valence-corrected chi connectivity index (χ1v) is 5.65. The Kier molecular flexibility index (Phi) is 3.26. The number of rotatable bonds is 1. The Morgan fingerprint density at radius 2 is 1.62 bits per heavy atom. The minimum absolute atomic E-state index is 0.197. The van der Waals surface area contributed by atoms with Crippen molar-refractivity contribution in [3.05, 3.63) is 57.5 Å². The zero-order valence-electron chi connectivity index (χ0n) is 7.98. The highest BCUT2D eigenvalue weighted by atomic mass is 79.9. The van der Waals surface area contributed by atoms with Crippen molar-refractivity contribution >= 4 is 27.5 Å². The van der Waals surface area contributed by atoms with Gasteiger partial charge >= 0.3 is 0 Å². The molecule has 0 fully saturated rings. The summed E-state index contributed by atoms with van der Waals surface area (Å²) in [5, 5.41) is 0.289. The van der Waals surface area contributed by atoms with Crippen molar-refractivity contribution in [2.45, 2.75) is 0 Å². The summed E-state index contributed by atoms with van der Waals surface area (Å²) in [5.41, 5.74) is 0.409. The second-order valence-electron chi connectivity index (χ2n) is 3.25. The number of hydrogen-bond acceptors (Lipinski definition) is 0. The second-order valence-corrected chi connectivity index (χ2v) is 4.60. The molecule has 0 aromatic heterocycles. The Morgan fingerprint density at radius 3 is 2.31 bits per heavy atom. The third-order valence-electron chi connectivity index (χ3n) is 2.15. The molecule has 0 saturated carbocycles. The van der Waals surface area contributed by atoms with E-state index < -0.39 is 11.6 Å². The van der Waals surface area contributed by atoms with Crippen molar-refractivity contribution in [1.29, 1.82) is 0 Å². The molecule has 0 unspecified atom stereocenters. The molecule has 2 aromatic rings. The fraction of sp³-hybridized carbons (Fsp3) is 0. The topological polar surface area (TPSA) is 0 Å². The molecular formula is C12H6BrClF2. The normalized spacial score (nSPS) is 10.5. The van der Waals surface area contributed by atoms with Gasteiger partial charge in [0.1, 0.15) is 11.6 Å². The molecule has 0 spiro atoms. The highest BCUT2D eigenvalue weighted by Gasteiger charge is 2.10. The molecule has 0 atom stereocenters. The van der Waals surface area contributed by atoms with Crippen LogP contribution in [0.3, 0.4) is 0 Å². The maximum atomic E-state index is 13.6. The predicted molar refractivity (Wildman–Crippen MR) is 64.5 cm³/mol. The van der Waals surface area contributed by atoms with Crippen LogP contribution in [-0.4, -0.2) is 0 Å². The molecular weight excluding hydrogens is 297 g/mol. The van der Waals surface area contributed by atoms with Gasteiger partial charge in [0.25, 0.3) is 0 Å². The molecule has 0 aliphatic heterocycles. The Hall–Kier alpha value is -0.930. The zero-order chi connectivity index (χ0) is 11.7. The van der Waals surface area contributed by atoms with Crippen molar-refractivity contribution in [3.8, 4) is 11.1 Å². The van der Waals surface area contributed by atoms with Crippen molar-refractivity contribution in [2.24, 2.45) is 0 Å². The summed E-state index contributed by atoms with van der Waals surface area (Å²) >= 11 is 8.85. The van der Waals surface area contributed by atoms with Crippen LogP contribution in [0.25, 0.3) is 11.1 Å². The van der Waals surface area contributed by atoms with E-state index in [-0.39, 0.29) is 16.1 Å². The fourth-order valence-corrected chi connectivity index (χ4v) is 1.93. The second kappa shape index (κ2) is 4.52. The van der Waals surface area contributed by atoms with Crippen LogP contribution in [0.1, 0.15) is 0 Å². The van der Waals surface area contributed by atoms with Gasteiger partial charge in [-0.2, -0.15) is 0 Å². The summed E-state index contributed by atoms with van der Waals surface area (Å²) in [6, 6.07) is 8.53. The van der Waals surface area contributed by atoms with Crippen LogP contribution in [0.4, 0.5) is 8.78 Å². The van der Waals surface area contributed by atoms with Crippen LogP contribution >= 0.6 is 27.5 Å². The van der Waals surface area contributed by atoms with E-state index in [0.29, 0.717) is 4.47 Å². The maximum absolute atomic E-state index is 13.6. The van der Waals surface area contributed by atoms with Crippen LogP contribution in [0.5, 0.6) is 0 Å². The molecule has 0 aliphatic rings. The first-order chi connectivity index (χ1) is 7.58. The van der Waals surface area contributed by atoms with Gasteiger partial charge in [0.05, 0.1) is 0 Å². The SMILES string of the molecule is Fc1cc(Cl)ccc1-c1cc(Br)ccc1F. The van der Waals surface area contributed by atoms with E-state index in [4.69, 9.17) is 11.6 Å². The lowest BCUT2D eigenvalue weighted by atomic mass is 10.0. The quantitative estimate of drug-likeness (QED) is 0.692. The van der Waals surface area contributed by atoms with Crippen LogP contribution in [0.15, 0.2) is 40.9 Å². The van der Waals surface area contributed by atoms with Gasteiger partial charge in [0.15, 0.2) is 0 Å². The summed E-state index contributed by atoms with van der Waals surface area (Å²) in [7, 11) is 0. The average Bonchev–Trinajstić information content (AvgIpc) is 2.22. The largest absolute Gasteiger partial charge is 0.206 e. The van der Waals surface area contributed by atoms with Crippen molar-refractivity contribution in [2.75, 3.05) is 0 Å². The first-order valence-electron chi connectivity index (χ1n) is 4.48. The van der Waals surface area contributed by atoms with Crippen LogP contribution in [0, 0.1) is 11.6 Å². The van der Waals surface area contributed by atoms with Crippen LogP contribution in [0.2, 0.25) is 5.02 Å². The highest BCUT2D eigenvalue weighted by molar-refractivity contribution is 9.10. The molecule has 4 heteroatoms. The van der Waals surface area contributed by atoms with Gasteiger partial charge in [-0.3, -0.25) is 0 Å². The monoisotopic (exact) mass is 302 g/mol. The molecule has 0 N–H and O–H groups in total. The van der Waals surface area contributed by atoms with E-state index in [9.17, 15) is 8.78 Å². The van der Waals surface area contributed by atoms with Crippen molar-refractivity contribution in [3.63, 3.8) is 0 Å². The average molecular weight is 304 g/mol. The lowest BCUT2D eigenvalue weighted by Gasteiger charge is -2.06. The Morgan fingerprint density at radius 1 is 0.875 bits per heavy atom. The summed E-state index contributed by atoms with van der Waals surface area (Å²) in [4.78, 5) is 0. The van der Waals surface area contributed by atoms with Gasteiger partial charge in [-0.05, 0) is 36.4 Å². The smallest absolute Gasteiger partial charge is 0.132 e. The molecule has 0 saturated heterocycles. The van der Waals surface area contributed by atoms with Crippen LogP contribution in [-0.2, 0) is 0 Å². The molecule has 0 heterocycles. The first kappa shape index (κ1) is 11.6. The van der Waals surface area contributed by atoms with E-state index in [2.05, 4.69) is 15.9 Å². The standard InChI is InChI=1S/C12H6BrClF2/c13-7-1-4-11(15)10(5-7)9-3-2-8(14)6-12(9)16/h1-6H. The minimum Gasteiger partial charge on any atom is -0.206 e. The lowest BCUT2D eigenvalue weighted by molar-refractivity contribution is 0.616. The van der Waals surface area contributed by atoms with Crippen LogP contribution < -0.4 is 0 Å². The van der Waals surface area contributed by atoms with E-state index in [0.717, 1.165) is 6.07 Å². The third-order valence-corrected chi connectivity index (χ3v) is 2.88. The van der Waals surface area contributed by atoms with Gasteiger partial charge in [0.2, 0.25) is 0 Å². The molecule has 16 heavy (non-hydrogen) atoms. The molecule has 0 bridgehead atoms. The van der Waals surface area contributed by atoms with E-state index in [1.165, 1.54) is 24.3 Å². The minimum atomic E-state index is -0.537. The van der Waals surface area contributed by atoms with E-state index in [1.54, 1.807) is 6.07 Å².